The molecule has 0 bridgehead atoms. The number of rotatable bonds is 4. The summed E-state index contributed by atoms with van der Waals surface area (Å²) < 4.78 is 0.780. The Kier molecular flexibility index (Phi) is 3.08. The van der Waals surface area contributed by atoms with Crippen LogP contribution < -0.4 is 0 Å². The van der Waals surface area contributed by atoms with Crippen LogP contribution in [-0.4, -0.2) is 35.7 Å². The molecule has 11 heteroatoms. The molecule has 0 amide bonds. The van der Waals surface area contributed by atoms with Crippen LogP contribution in [0, 0.1) is 20.2 Å². The van der Waals surface area contributed by atoms with E-state index in [2.05, 4.69) is 10.1 Å². The molecule has 20 heavy (non-hydrogen) atoms. The van der Waals surface area contributed by atoms with E-state index in [-0.39, 0.29) is 11.3 Å². The summed E-state index contributed by atoms with van der Waals surface area (Å²) in [6.07, 6.45) is 0.895. The van der Waals surface area contributed by atoms with Crippen LogP contribution >= 0.6 is 0 Å². The number of hydrogen-bond donors (Lipinski definition) is 1. The van der Waals surface area contributed by atoms with Crippen molar-refractivity contribution in [3.63, 3.8) is 0 Å². The van der Waals surface area contributed by atoms with E-state index in [1.54, 1.807) is 0 Å². The SMILES string of the molecule is O=C(O)c1ccc([N+](=O)[O-])c(-n2cnc([N+](=O)[O-])n2)c1. The molecule has 1 N–H and O–H groups in total. The second-order valence-corrected chi connectivity index (χ2v) is 3.51. The van der Waals surface area contributed by atoms with Crippen LogP contribution in [0.2, 0.25) is 0 Å². The molecule has 0 aliphatic heterocycles. The number of nitro benzene ring substituents is 1. The second kappa shape index (κ2) is 4.72. The first-order valence-electron chi connectivity index (χ1n) is 4.98. The van der Waals surface area contributed by atoms with Gasteiger partial charge in [-0.15, -0.1) is 4.68 Å². The summed E-state index contributed by atoms with van der Waals surface area (Å²) in [5.74, 6) is -2.05. The van der Waals surface area contributed by atoms with E-state index < -0.39 is 27.5 Å². The van der Waals surface area contributed by atoms with Gasteiger partial charge in [0.2, 0.25) is 6.33 Å². The summed E-state index contributed by atoms with van der Waals surface area (Å²) in [4.78, 5) is 33.9. The molecule has 0 radical (unpaired) electrons. The lowest BCUT2D eigenvalue weighted by molar-refractivity contribution is -0.394. The van der Waals surface area contributed by atoms with Crippen LogP contribution in [0.25, 0.3) is 5.69 Å². The quantitative estimate of drug-likeness (QED) is 0.635. The molecule has 0 aliphatic rings. The van der Waals surface area contributed by atoms with Crippen LogP contribution in [0.3, 0.4) is 0 Å². The number of benzene rings is 1. The van der Waals surface area contributed by atoms with Gasteiger partial charge in [0.05, 0.1) is 10.5 Å². The normalized spacial score (nSPS) is 10.2. The molecule has 0 aliphatic carbocycles. The molecule has 0 saturated carbocycles. The summed E-state index contributed by atoms with van der Waals surface area (Å²) in [5, 5.41) is 33.6. The zero-order valence-electron chi connectivity index (χ0n) is 9.53. The number of carboxylic acid groups (broad SMARTS) is 1. The monoisotopic (exact) mass is 279 g/mol. The van der Waals surface area contributed by atoms with E-state index in [1.165, 1.54) is 0 Å². The molecule has 1 aromatic carbocycles. The van der Waals surface area contributed by atoms with Crippen molar-refractivity contribution in [1.82, 2.24) is 14.8 Å². The number of aromatic nitrogens is 3. The van der Waals surface area contributed by atoms with Gasteiger partial charge in [0, 0.05) is 11.2 Å². The fourth-order valence-corrected chi connectivity index (χ4v) is 1.45. The highest BCUT2D eigenvalue weighted by Gasteiger charge is 2.23. The van der Waals surface area contributed by atoms with Gasteiger partial charge in [0.15, 0.2) is 5.69 Å². The molecule has 102 valence electrons. The summed E-state index contributed by atoms with van der Waals surface area (Å²) in [7, 11) is 0. The second-order valence-electron chi connectivity index (χ2n) is 3.51. The third-order valence-electron chi connectivity index (χ3n) is 2.31. The summed E-state index contributed by atoms with van der Waals surface area (Å²) >= 11 is 0. The Balaban J connectivity index is 2.62. The van der Waals surface area contributed by atoms with E-state index >= 15 is 0 Å². The Morgan fingerprint density at radius 3 is 2.45 bits per heavy atom. The third kappa shape index (κ3) is 2.27. The van der Waals surface area contributed by atoms with Crippen LogP contribution in [0.4, 0.5) is 11.6 Å². The lowest BCUT2D eigenvalue weighted by atomic mass is 10.2. The third-order valence-corrected chi connectivity index (χ3v) is 2.31. The van der Waals surface area contributed by atoms with Gasteiger partial charge in [-0.25, -0.2) is 4.79 Å². The minimum atomic E-state index is -1.30. The summed E-state index contributed by atoms with van der Waals surface area (Å²) in [6.45, 7) is 0. The first-order chi connectivity index (χ1) is 9.40. The van der Waals surface area contributed by atoms with Gasteiger partial charge in [-0.2, -0.15) is 0 Å². The van der Waals surface area contributed by atoms with Crippen molar-refractivity contribution < 1.29 is 19.7 Å². The lowest BCUT2D eigenvalue weighted by Crippen LogP contribution is -2.05. The number of carbonyl (C=O) groups is 1. The summed E-state index contributed by atoms with van der Waals surface area (Å²) in [5.41, 5.74) is -0.894. The maximum atomic E-state index is 10.9. The number of nitrogens with zero attached hydrogens (tertiary/aromatic N) is 5. The number of carboxylic acids is 1. The first-order valence-corrected chi connectivity index (χ1v) is 4.98. The van der Waals surface area contributed by atoms with Crippen molar-refractivity contribution in [1.29, 1.82) is 0 Å². The van der Waals surface area contributed by atoms with Gasteiger partial charge in [-0.1, -0.05) is 4.98 Å². The van der Waals surface area contributed by atoms with Gasteiger partial charge in [0.1, 0.15) is 0 Å². The van der Waals surface area contributed by atoms with Gasteiger partial charge in [-0.3, -0.25) is 10.1 Å². The Morgan fingerprint density at radius 2 is 1.95 bits per heavy atom. The predicted octanol–water partition coefficient (Wildman–Crippen LogP) is 0.782. The topological polar surface area (TPSA) is 154 Å². The van der Waals surface area contributed by atoms with Crippen molar-refractivity contribution in [3.8, 4) is 5.69 Å². The molecule has 0 unspecified atom stereocenters. The van der Waals surface area contributed by atoms with Crippen molar-refractivity contribution in [2.24, 2.45) is 0 Å². The van der Waals surface area contributed by atoms with Crippen molar-refractivity contribution in [3.05, 3.63) is 50.3 Å². The predicted molar refractivity (Wildman–Crippen MR) is 61.6 cm³/mol. The molecule has 0 saturated heterocycles. The molecular weight excluding hydrogens is 274 g/mol. The Hall–Kier alpha value is -3.37. The number of aromatic carboxylic acids is 1. The van der Waals surface area contributed by atoms with Crippen LogP contribution in [0.15, 0.2) is 24.5 Å². The van der Waals surface area contributed by atoms with Crippen molar-refractivity contribution in [2.75, 3.05) is 0 Å². The minimum Gasteiger partial charge on any atom is -0.478 e. The standard InChI is InChI=1S/C9H5N5O6/c15-8(16)5-1-2-6(13(17)18)7(3-5)12-4-10-9(11-12)14(19)20/h1-4H,(H,15,16). The molecule has 0 fully saturated rings. The minimum absolute atomic E-state index is 0.219. The Bertz CT molecular complexity index is 723. The molecule has 0 atom stereocenters. The Labute approximate surface area is 109 Å². The first kappa shape index (κ1) is 13.1. The zero-order chi connectivity index (χ0) is 14.9. The van der Waals surface area contributed by atoms with Gasteiger partial charge < -0.3 is 15.2 Å². The van der Waals surface area contributed by atoms with Crippen molar-refractivity contribution in [2.45, 2.75) is 0 Å². The van der Waals surface area contributed by atoms with Crippen LogP contribution in [0.1, 0.15) is 10.4 Å². The number of nitro groups is 2. The molecule has 2 aromatic rings. The van der Waals surface area contributed by atoms with Gasteiger partial charge in [0.25, 0.3) is 5.69 Å². The molecule has 1 aromatic heterocycles. The van der Waals surface area contributed by atoms with E-state index in [9.17, 15) is 25.0 Å². The highest BCUT2D eigenvalue weighted by atomic mass is 16.6. The van der Waals surface area contributed by atoms with Gasteiger partial charge in [-0.05, 0) is 17.1 Å². The van der Waals surface area contributed by atoms with Crippen molar-refractivity contribution >= 4 is 17.6 Å². The molecule has 0 spiro atoms. The van der Waals surface area contributed by atoms with Crippen LogP contribution in [-0.2, 0) is 0 Å². The number of hydrogen-bond acceptors (Lipinski definition) is 7. The van der Waals surface area contributed by atoms with E-state index in [1.807, 2.05) is 0 Å². The highest BCUT2D eigenvalue weighted by Crippen LogP contribution is 2.24. The maximum Gasteiger partial charge on any atom is 0.491 e. The highest BCUT2D eigenvalue weighted by molar-refractivity contribution is 5.89. The van der Waals surface area contributed by atoms with Gasteiger partial charge >= 0.3 is 11.9 Å². The molecule has 11 nitrogen and oxygen atoms in total. The molecular formula is C9H5N5O6. The Morgan fingerprint density at radius 1 is 1.25 bits per heavy atom. The lowest BCUT2D eigenvalue weighted by Gasteiger charge is -2.01. The maximum absolute atomic E-state index is 10.9. The fraction of sp³-hybridized carbons (Fsp3) is 0. The zero-order valence-corrected chi connectivity index (χ0v) is 9.53. The fourth-order valence-electron chi connectivity index (χ4n) is 1.45. The smallest absolute Gasteiger partial charge is 0.478 e. The van der Waals surface area contributed by atoms with E-state index in [4.69, 9.17) is 5.11 Å². The van der Waals surface area contributed by atoms with E-state index in [0.29, 0.717) is 0 Å². The average molecular weight is 279 g/mol. The van der Waals surface area contributed by atoms with E-state index in [0.717, 1.165) is 29.2 Å². The summed E-state index contributed by atoms with van der Waals surface area (Å²) in [6, 6.07) is 3.01. The average Bonchev–Trinajstić information content (AvgIpc) is 2.87. The largest absolute Gasteiger partial charge is 0.491 e. The van der Waals surface area contributed by atoms with Crippen LogP contribution in [0.5, 0.6) is 0 Å². The molecule has 1 heterocycles. The molecule has 2 rings (SSSR count).